The van der Waals surface area contributed by atoms with E-state index >= 15 is 0 Å². The van der Waals surface area contributed by atoms with Gasteiger partial charge in [0.05, 0.1) is 7.11 Å². The molecule has 174 valence electrons. The number of carbonyl (C=O) groups excluding carboxylic acids is 1. The van der Waals surface area contributed by atoms with Gasteiger partial charge in [-0.3, -0.25) is 19.4 Å². The molecule has 8 heteroatoms. The first-order chi connectivity index (χ1) is 16.0. The van der Waals surface area contributed by atoms with Crippen LogP contribution in [-0.2, 0) is 24.4 Å². The summed E-state index contributed by atoms with van der Waals surface area (Å²) in [4.78, 5) is 15.2. The Balaban J connectivity index is 1.32. The van der Waals surface area contributed by atoms with Gasteiger partial charge in [0.2, 0.25) is 5.91 Å². The number of carbonyl (C=O) groups is 1. The molecule has 1 amide bonds. The molecule has 1 unspecified atom stereocenters. The fraction of sp³-hybridized carbons (Fsp3) is 0.400. The fourth-order valence-corrected chi connectivity index (χ4v) is 4.47. The van der Waals surface area contributed by atoms with Gasteiger partial charge in [-0.1, -0.05) is 31.2 Å². The number of H-pyrrole nitrogens is 1. The molecule has 1 aromatic heterocycles. The van der Waals surface area contributed by atoms with Gasteiger partial charge in [0.15, 0.2) is 10.6 Å². The van der Waals surface area contributed by atoms with Gasteiger partial charge in [-0.2, -0.15) is 5.10 Å². The minimum Gasteiger partial charge on any atom is -0.497 e. The van der Waals surface area contributed by atoms with E-state index in [9.17, 15) is 4.79 Å². The zero-order chi connectivity index (χ0) is 23.2. The van der Waals surface area contributed by atoms with Crippen molar-refractivity contribution in [2.75, 3.05) is 20.2 Å². The highest BCUT2D eigenvalue weighted by atomic mass is 32.1. The first-order valence-corrected chi connectivity index (χ1v) is 11.8. The molecule has 1 aliphatic heterocycles. The van der Waals surface area contributed by atoms with Crippen LogP contribution in [0.3, 0.4) is 0 Å². The Hall–Kier alpha value is -2.97. The number of ether oxygens (including phenoxy) is 1. The van der Waals surface area contributed by atoms with E-state index in [-0.39, 0.29) is 12.5 Å². The minimum atomic E-state index is -0.117. The number of nitrogens with zero attached hydrogens (tertiary/aromatic N) is 3. The molecule has 0 spiro atoms. The fourth-order valence-electron chi connectivity index (χ4n) is 4.28. The average molecular weight is 466 g/mol. The monoisotopic (exact) mass is 465 g/mol. The van der Waals surface area contributed by atoms with Crippen molar-refractivity contribution in [3.8, 4) is 17.1 Å². The summed E-state index contributed by atoms with van der Waals surface area (Å²) < 4.78 is 7.32. The van der Waals surface area contributed by atoms with Crippen LogP contribution in [0.5, 0.6) is 5.75 Å². The molecule has 0 bridgehead atoms. The standard InChI is InChI=1S/C25H31N5O2S/c1-18-4-3-13-29(15-18)16-20-7-5-19(6-8-20)14-26-23(31)17-30-24(27-28-25(30)33)21-9-11-22(32-2)12-10-21/h5-12,18H,3-4,13-17H2,1-2H3,(H,26,31)(H,28,33). The topological polar surface area (TPSA) is 75.2 Å². The molecule has 0 radical (unpaired) electrons. The van der Waals surface area contributed by atoms with Gasteiger partial charge in [0.1, 0.15) is 12.3 Å². The summed E-state index contributed by atoms with van der Waals surface area (Å²) >= 11 is 5.34. The number of aromatic nitrogens is 3. The van der Waals surface area contributed by atoms with Gasteiger partial charge < -0.3 is 10.1 Å². The van der Waals surface area contributed by atoms with Crippen LogP contribution in [0.25, 0.3) is 11.4 Å². The molecule has 2 heterocycles. The van der Waals surface area contributed by atoms with Gasteiger partial charge in [-0.25, -0.2) is 0 Å². The first kappa shape index (κ1) is 23.2. The zero-order valence-electron chi connectivity index (χ0n) is 19.2. The number of hydrogen-bond acceptors (Lipinski definition) is 5. The van der Waals surface area contributed by atoms with E-state index in [1.54, 1.807) is 11.7 Å². The van der Waals surface area contributed by atoms with Gasteiger partial charge in [-0.05, 0) is 72.9 Å². The number of rotatable bonds is 8. The van der Waals surface area contributed by atoms with Gasteiger partial charge in [0.25, 0.3) is 0 Å². The van der Waals surface area contributed by atoms with Gasteiger partial charge in [0, 0.05) is 25.2 Å². The third kappa shape index (κ3) is 6.09. The van der Waals surface area contributed by atoms with Gasteiger partial charge >= 0.3 is 0 Å². The van der Waals surface area contributed by atoms with Crippen LogP contribution in [0.2, 0.25) is 0 Å². The Bertz CT molecular complexity index is 1120. The summed E-state index contributed by atoms with van der Waals surface area (Å²) in [5.74, 6) is 2.04. The number of nitrogens with one attached hydrogen (secondary N) is 2. The molecule has 1 saturated heterocycles. The van der Waals surface area contributed by atoms with E-state index in [1.165, 1.54) is 31.5 Å². The molecular formula is C25H31N5O2S. The van der Waals surface area contributed by atoms with E-state index in [0.717, 1.165) is 29.3 Å². The molecule has 0 aliphatic carbocycles. The minimum absolute atomic E-state index is 0.0991. The van der Waals surface area contributed by atoms with Crippen molar-refractivity contribution in [3.63, 3.8) is 0 Å². The average Bonchev–Trinajstić information content (AvgIpc) is 3.18. The highest BCUT2D eigenvalue weighted by Gasteiger charge is 2.16. The van der Waals surface area contributed by atoms with Crippen LogP contribution in [-0.4, -0.2) is 45.8 Å². The zero-order valence-corrected chi connectivity index (χ0v) is 20.0. The molecule has 7 nitrogen and oxygen atoms in total. The molecule has 3 aromatic rings. The molecule has 1 fully saturated rings. The Labute approximate surface area is 199 Å². The Morgan fingerprint density at radius 1 is 1.18 bits per heavy atom. The van der Waals surface area contributed by atoms with E-state index in [2.05, 4.69) is 51.6 Å². The van der Waals surface area contributed by atoms with Crippen LogP contribution in [0.1, 0.15) is 30.9 Å². The van der Waals surface area contributed by atoms with Crippen molar-refractivity contribution in [2.24, 2.45) is 5.92 Å². The van der Waals surface area contributed by atoms with Crippen LogP contribution in [0.4, 0.5) is 0 Å². The second-order valence-corrected chi connectivity index (χ2v) is 9.13. The predicted molar refractivity (Wildman–Crippen MR) is 131 cm³/mol. The lowest BCUT2D eigenvalue weighted by Gasteiger charge is -2.30. The van der Waals surface area contributed by atoms with Crippen molar-refractivity contribution in [1.29, 1.82) is 0 Å². The number of methoxy groups -OCH3 is 1. The van der Waals surface area contributed by atoms with Gasteiger partial charge in [-0.15, -0.1) is 0 Å². The number of piperidine rings is 1. The Kier molecular flexibility index (Phi) is 7.57. The maximum absolute atomic E-state index is 12.6. The molecule has 33 heavy (non-hydrogen) atoms. The SMILES string of the molecule is COc1ccc(-c2n[nH]c(=S)n2CC(=O)NCc2ccc(CN3CCCC(C)C3)cc2)cc1. The largest absolute Gasteiger partial charge is 0.497 e. The Morgan fingerprint density at radius 3 is 2.61 bits per heavy atom. The van der Waals surface area contributed by atoms with Crippen LogP contribution in [0.15, 0.2) is 48.5 Å². The summed E-state index contributed by atoms with van der Waals surface area (Å²) in [6.07, 6.45) is 2.62. The first-order valence-electron chi connectivity index (χ1n) is 11.4. The van der Waals surface area contributed by atoms with Crippen molar-refractivity contribution in [2.45, 2.75) is 39.4 Å². The molecule has 1 aliphatic rings. The molecule has 4 rings (SSSR count). The van der Waals surface area contributed by atoms with E-state index in [0.29, 0.717) is 17.1 Å². The van der Waals surface area contributed by atoms with Crippen molar-refractivity contribution < 1.29 is 9.53 Å². The van der Waals surface area contributed by atoms with Crippen molar-refractivity contribution in [1.82, 2.24) is 25.0 Å². The third-order valence-electron chi connectivity index (χ3n) is 6.07. The lowest BCUT2D eigenvalue weighted by molar-refractivity contribution is -0.121. The molecule has 2 N–H and O–H groups in total. The summed E-state index contributed by atoms with van der Waals surface area (Å²) in [7, 11) is 1.62. The number of aromatic amines is 1. The number of likely N-dealkylation sites (tertiary alicyclic amines) is 1. The van der Waals surface area contributed by atoms with Crippen LogP contribution >= 0.6 is 12.2 Å². The molecule has 0 saturated carbocycles. The van der Waals surface area contributed by atoms with Crippen molar-refractivity contribution >= 4 is 18.1 Å². The highest BCUT2D eigenvalue weighted by molar-refractivity contribution is 7.71. The number of amides is 1. The quantitative estimate of drug-likeness (QED) is 0.489. The molecular weight excluding hydrogens is 434 g/mol. The van der Waals surface area contributed by atoms with Crippen LogP contribution < -0.4 is 10.1 Å². The summed E-state index contributed by atoms with van der Waals surface area (Å²) in [5, 5.41) is 10.1. The number of benzene rings is 2. The molecule has 1 atom stereocenters. The lowest BCUT2D eigenvalue weighted by Crippen LogP contribution is -2.33. The van der Waals surface area contributed by atoms with Crippen LogP contribution in [0, 0.1) is 10.7 Å². The second-order valence-electron chi connectivity index (χ2n) is 8.74. The predicted octanol–water partition coefficient (Wildman–Crippen LogP) is 4.16. The summed E-state index contributed by atoms with van der Waals surface area (Å²) in [5.41, 5.74) is 3.24. The summed E-state index contributed by atoms with van der Waals surface area (Å²) in [6, 6.07) is 16.0. The number of hydrogen-bond donors (Lipinski definition) is 2. The second kappa shape index (κ2) is 10.8. The highest BCUT2D eigenvalue weighted by Crippen LogP contribution is 2.21. The third-order valence-corrected chi connectivity index (χ3v) is 6.38. The van der Waals surface area contributed by atoms with Crippen molar-refractivity contribution in [3.05, 3.63) is 64.4 Å². The van der Waals surface area contributed by atoms with E-state index in [4.69, 9.17) is 17.0 Å². The maximum atomic E-state index is 12.6. The van der Waals surface area contributed by atoms with E-state index < -0.39 is 0 Å². The normalized spacial score (nSPS) is 16.5. The van der Waals surface area contributed by atoms with E-state index in [1.807, 2.05) is 24.3 Å². The molecule has 2 aromatic carbocycles. The summed E-state index contributed by atoms with van der Waals surface area (Å²) in [6.45, 7) is 6.24. The lowest BCUT2D eigenvalue weighted by atomic mass is 9.99. The maximum Gasteiger partial charge on any atom is 0.240 e. The smallest absolute Gasteiger partial charge is 0.240 e. The Morgan fingerprint density at radius 2 is 1.91 bits per heavy atom.